The Labute approximate surface area is 110 Å². The Hall–Kier alpha value is -1.02. The van der Waals surface area contributed by atoms with E-state index < -0.39 is 0 Å². The van der Waals surface area contributed by atoms with Crippen molar-refractivity contribution in [3.8, 4) is 0 Å². The molecule has 0 aromatic heterocycles. The normalized spacial score (nSPS) is 24.4. The number of piperidine rings is 1. The zero-order valence-electron chi connectivity index (χ0n) is 11.2. The molecule has 1 aromatic rings. The lowest BCUT2D eigenvalue weighted by Crippen LogP contribution is -2.30. The van der Waals surface area contributed by atoms with Gasteiger partial charge in [-0.25, -0.2) is 0 Å². The van der Waals surface area contributed by atoms with Crippen LogP contribution in [0, 0.1) is 5.92 Å². The second-order valence-electron chi connectivity index (χ2n) is 5.78. The van der Waals surface area contributed by atoms with Crippen LogP contribution in [0.1, 0.15) is 31.2 Å². The minimum atomic E-state index is 0.840. The molecule has 2 aliphatic rings. The highest BCUT2D eigenvalue weighted by molar-refractivity contribution is 5.49. The zero-order valence-corrected chi connectivity index (χ0v) is 11.2. The second kappa shape index (κ2) is 5.75. The van der Waals surface area contributed by atoms with Crippen molar-refractivity contribution in [2.75, 3.05) is 31.1 Å². The molecule has 0 spiro atoms. The van der Waals surface area contributed by atoms with Gasteiger partial charge in [0.05, 0.1) is 0 Å². The first-order valence-electron chi connectivity index (χ1n) is 7.46. The largest absolute Gasteiger partial charge is 0.372 e. The number of hydrogen-bond acceptors (Lipinski definition) is 2. The molecule has 3 rings (SSSR count). The molecule has 0 radical (unpaired) electrons. The molecule has 0 amide bonds. The molecule has 2 fully saturated rings. The molecule has 2 heteroatoms. The molecule has 1 atom stereocenters. The summed E-state index contributed by atoms with van der Waals surface area (Å²) in [5, 5.41) is 3.51. The first-order valence-corrected chi connectivity index (χ1v) is 7.46. The smallest absolute Gasteiger partial charge is 0.0368 e. The summed E-state index contributed by atoms with van der Waals surface area (Å²) in [5.74, 6) is 0.840. The number of rotatable bonds is 3. The minimum absolute atomic E-state index is 0.840. The SMILES string of the molecule is c1cc(CC2CCCNC2)cc(N2CCCC2)c1. The summed E-state index contributed by atoms with van der Waals surface area (Å²) in [6, 6.07) is 9.22. The number of hydrogen-bond donors (Lipinski definition) is 1. The van der Waals surface area contributed by atoms with Crippen molar-refractivity contribution in [3.63, 3.8) is 0 Å². The van der Waals surface area contributed by atoms with Gasteiger partial charge in [0, 0.05) is 18.8 Å². The van der Waals surface area contributed by atoms with E-state index in [0.717, 1.165) is 5.92 Å². The standard InChI is InChI=1S/C16H24N2/c1-2-10-18(9-1)16-7-3-5-14(12-16)11-15-6-4-8-17-13-15/h3,5,7,12,15,17H,1-2,4,6,8-11,13H2. The van der Waals surface area contributed by atoms with Crippen LogP contribution in [0.15, 0.2) is 24.3 Å². The summed E-state index contributed by atoms with van der Waals surface area (Å²) in [6.45, 7) is 4.90. The number of nitrogens with one attached hydrogen (secondary N) is 1. The van der Waals surface area contributed by atoms with E-state index >= 15 is 0 Å². The van der Waals surface area contributed by atoms with Crippen LogP contribution in [0.2, 0.25) is 0 Å². The molecule has 0 saturated carbocycles. The summed E-state index contributed by atoms with van der Waals surface area (Å²) in [7, 11) is 0. The lowest BCUT2D eigenvalue weighted by atomic mass is 9.92. The molecule has 18 heavy (non-hydrogen) atoms. The molecule has 98 valence electrons. The fraction of sp³-hybridized carbons (Fsp3) is 0.625. The molecule has 0 aliphatic carbocycles. The molecular weight excluding hydrogens is 220 g/mol. The Balaban J connectivity index is 1.66. The van der Waals surface area contributed by atoms with Crippen LogP contribution in [0.25, 0.3) is 0 Å². The van der Waals surface area contributed by atoms with E-state index in [2.05, 4.69) is 34.5 Å². The van der Waals surface area contributed by atoms with Crippen molar-refractivity contribution in [2.24, 2.45) is 5.92 Å². The highest BCUT2D eigenvalue weighted by Gasteiger charge is 2.15. The van der Waals surface area contributed by atoms with Crippen LogP contribution in [-0.4, -0.2) is 26.2 Å². The van der Waals surface area contributed by atoms with E-state index in [1.54, 1.807) is 0 Å². The molecule has 2 aliphatic heterocycles. The van der Waals surface area contributed by atoms with E-state index in [1.165, 1.54) is 69.5 Å². The van der Waals surface area contributed by atoms with Gasteiger partial charge in [-0.2, -0.15) is 0 Å². The van der Waals surface area contributed by atoms with Crippen molar-refractivity contribution in [3.05, 3.63) is 29.8 Å². The molecular formula is C16H24N2. The Bertz CT molecular complexity index is 376. The van der Waals surface area contributed by atoms with Gasteiger partial charge in [0.2, 0.25) is 0 Å². The van der Waals surface area contributed by atoms with Crippen molar-refractivity contribution >= 4 is 5.69 Å². The van der Waals surface area contributed by atoms with Gasteiger partial charge in [-0.15, -0.1) is 0 Å². The fourth-order valence-electron chi connectivity index (χ4n) is 3.29. The Kier molecular flexibility index (Phi) is 3.84. The molecule has 2 saturated heterocycles. The van der Waals surface area contributed by atoms with Gasteiger partial charge >= 0.3 is 0 Å². The highest BCUT2D eigenvalue weighted by atomic mass is 15.1. The predicted molar refractivity (Wildman–Crippen MR) is 77.2 cm³/mol. The summed E-state index contributed by atoms with van der Waals surface area (Å²) in [6.07, 6.45) is 6.69. The van der Waals surface area contributed by atoms with E-state index in [1.807, 2.05) is 0 Å². The third kappa shape index (κ3) is 2.86. The maximum atomic E-state index is 3.51. The molecule has 2 nitrogen and oxygen atoms in total. The predicted octanol–water partition coefficient (Wildman–Crippen LogP) is 2.83. The van der Waals surface area contributed by atoms with Crippen LogP contribution < -0.4 is 10.2 Å². The average molecular weight is 244 g/mol. The molecule has 1 N–H and O–H groups in total. The summed E-state index contributed by atoms with van der Waals surface area (Å²) >= 11 is 0. The van der Waals surface area contributed by atoms with E-state index in [-0.39, 0.29) is 0 Å². The third-order valence-electron chi connectivity index (χ3n) is 4.31. The average Bonchev–Trinajstić information content (AvgIpc) is 2.94. The summed E-state index contributed by atoms with van der Waals surface area (Å²) < 4.78 is 0. The van der Waals surface area contributed by atoms with Gasteiger partial charge in [-0.3, -0.25) is 0 Å². The quantitative estimate of drug-likeness (QED) is 0.879. The van der Waals surface area contributed by atoms with Gasteiger partial charge in [0.1, 0.15) is 0 Å². The van der Waals surface area contributed by atoms with Crippen molar-refractivity contribution in [1.82, 2.24) is 5.32 Å². The highest BCUT2D eigenvalue weighted by Crippen LogP contribution is 2.23. The van der Waals surface area contributed by atoms with Crippen molar-refractivity contribution < 1.29 is 0 Å². The van der Waals surface area contributed by atoms with Crippen molar-refractivity contribution in [2.45, 2.75) is 32.1 Å². The van der Waals surface area contributed by atoms with Gasteiger partial charge in [-0.05, 0) is 68.8 Å². The topological polar surface area (TPSA) is 15.3 Å². The first-order chi connectivity index (χ1) is 8.92. The molecule has 1 aromatic carbocycles. The summed E-state index contributed by atoms with van der Waals surface area (Å²) in [5.41, 5.74) is 2.96. The molecule has 1 unspecified atom stereocenters. The maximum Gasteiger partial charge on any atom is 0.0368 e. The molecule has 0 bridgehead atoms. The Morgan fingerprint density at radius 2 is 2.06 bits per heavy atom. The monoisotopic (exact) mass is 244 g/mol. The van der Waals surface area contributed by atoms with Gasteiger partial charge in [-0.1, -0.05) is 12.1 Å². The number of nitrogens with zero attached hydrogens (tertiary/aromatic N) is 1. The fourth-order valence-corrected chi connectivity index (χ4v) is 3.29. The van der Waals surface area contributed by atoms with Crippen LogP contribution in [0.4, 0.5) is 5.69 Å². The lowest BCUT2D eigenvalue weighted by Gasteiger charge is -2.24. The zero-order chi connectivity index (χ0) is 12.2. The Morgan fingerprint density at radius 3 is 2.83 bits per heavy atom. The third-order valence-corrected chi connectivity index (χ3v) is 4.31. The second-order valence-corrected chi connectivity index (χ2v) is 5.78. The first kappa shape index (κ1) is 12.0. The van der Waals surface area contributed by atoms with E-state index in [9.17, 15) is 0 Å². The van der Waals surface area contributed by atoms with Crippen molar-refractivity contribution in [1.29, 1.82) is 0 Å². The van der Waals surface area contributed by atoms with Crippen LogP contribution >= 0.6 is 0 Å². The minimum Gasteiger partial charge on any atom is -0.372 e. The Morgan fingerprint density at radius 1 is 1.17 bits per heavy atom. The number of anilines is 1. The van der Waals surface area contributed by atoms with Gasteiger partial charge < -0.3 is 10.2 Å². The van der Waals surface area contributed by atoms with Crippen LogP contribution in [0.5, 0.6) is 0 Å². The van der Waals surface area contributed by atoms with E-state index in [0.29, 0.717) is 0 Å². The van der Waals surface area contributed by atoms with Gasteiger partial charge in [0.25, 0.3) is 0 Å². The maximum absolute atomic E-state index is 3.51. The summed E-state index contributed by atoms with van der Waals surface area (Å²) in [4.78, 5) is 2.53. The lowest BCUT2D eigenvalue weighted by molar-refractivity contribution is 0.376. The van der Waals surface area contributed by atoms with Crippen LogP contribution in [0.3, 0.4) is 0 Å². The molecule has 2 heterocycles. The van der Waals surface area contributed by atoms with Crippen LogP contribution in [-0.2, 0) is 6.42 Å². The van der Waals surface area contributed by atoms with Gasteiger partial charge in [0.15, 0.2) is 0 Å². The van der Waals surface area contributed by atoms with E-state index in [4.69, 9.17) is 0 Å². The number of benzene rings is 1.